The van der Waals surface area contributed by atoms with Crippen LogP contribution in [0.2, 0.25) is 5.02 Å². The van der Waals surface area contributed by atoms with Gasteiger partial charge in [-0.2, -0.15) is 13.2 Å². The fourth-order valence-electron chi connectivity index (χ4n) is 3.38. The first-order valence-corrected chi connectivity index (χ1v) is 10.8. The fourth-order valence-corrected chi connectivity index (χ4v) is 5.20. The number of hydrogen-bond acceptors (Lipinski definition) is 3. The van der Waals surface area contributed by atoms with Crippen molar-refractivity contribution in [2.24, 2.45) is 0 Å². The molecule has 0 fully saturated rings. The largest absolute Gasteiger partial charge is 0.416 e. The summed E-state index contributed by atoms with van der Waals surface area (Å²) in [6.07, 6.45) is -4.57. The Morgan fingerprint density at radius 2 is 1.71 bits per heavy atom. The summed E-state index contributed by atoms with van der Waals surface area (Å²) in [5, 5.41) is 2.72. The van der Waals surface area contributed by atoms with Crippen molar-refractivity contribution in [2.75, 3.05) is 16.2 Å². The number of fused-ring (bicyclic) bond motifs is 3. The van der Waals surface area contributed by atoms with E-state index in [0.29, 0.717) is 16.1 Å². The van der Waals surface area contributed by atoms with Gasteiger partial charge in [-0.25, -0.2) is 8.42 Å². The van der Waals surface area contributed by atoms with Crippen LogP contribution in [0.5, 0.6) is 0 Å². The van der Waals surface area contributed by atoms with Crippen molar-refractivity contribution in [3.63, 3.8) is 0 Å². The van der Waals surface area contributed by atoms with Crippen molar-refractivity contribution in [1.29, 1.82) is 0 Å². The van der Waals surface area contributed by atoms with Crippen molar-refractivity contribution in [1.82, 2.24) is 0 Å². The van der Waals surface area contributed by atoms with Gasteiger partial charge in [-0.15, -0.1) is 0 Å². The zero-order valence-electron chi connectivity index (χ0n) is 15.7. The van der Waals surface area contributed by atoms with Crippen LogP contribution in [-0.2, 0) is 21.0 Å². The van der Waals surface area contributed by atoms with Crippen LogP contribution in [0.1, 0.15) is 5.56 Å². The summed E-state index contributed by atoms with van der Waals surface area (Å²) in [5.74, 6) is -0.789. The van der Waals surface area contributed by atoms with Gasteiger partial charge in [0.2, 0.25) is 5.91 Å². The highest BCUT2D eigenvalue weighted by molar-refractivity contribution is 7.93. The van der Waals surface area contributed by atoms with Crippen LogP contribution in [-0.4, -0.2) is 20.9 Å². The lowest BCUT2D eigenvalue weighted by atomic mass is 10.0. The van der Waals surface area contributed by atoms with Gasteiger partial charge in [-0.1, -0.05) is 35.9 Å². The van der Waals surface area contributed by atoms with Crippen molar-refractivity contribution >= 4 is 38.9 Å². The first-order valence-electron chi connectivity index (χ1n) is 8.96. The van der Waals surface area contributed by atoms with Gasteiger partial charge in [0.1, 0.15) is 6.54 Å². The number of hydrogen-bond donors (Lipinski definition) is 1. The number of sulfonamides is 1. The fraction of sp³-hybridized carbons (Fsp3) is 0.0952. The van der Waals surface area contributed by atoms with Gasteiger partial charge >= 0.3 is 6.18 Å². The molecule has 31 heavy (non-hydrogen) atoms. The third-order valence-electron chi connectivity index (χ3n) is 4.73. The maximum absolute atomic E-state index is 13.2. The third-order valence-corrected chi connectivity index (χ3v) is 6.79. The van der Waals surface area contributed by atoms with Crippen LogP contribution in [0.3, 0.4) is 0 Å². The molecule has 0 saturated heterocycles. The minimum atomic E-state index is -4.57. The second kappa shape index (κ2) is 7.58. The van der Waals surface area contributed by atoms with E-state index in [4.69, 9.17) is 11.6 Å². The Balaban J connectivity index is 1.68. The van der Waals surface area contributed by atoms with E-state index in [1.165, 1.54) is 24.3 Å². The molecule has 0 unspecified atom stereocenters. The van der Waals surface area contributed by atoms with Crippen LogP contribution in [0, 0.1) is 0 Å². The van der Waals surface area contributed by atoms with E-state index in [0.717, 1.165) is 22.5 Å². The molecule has 0 atom stereocenters. The van der Waals surface area contributed by atoms with Crippen LogP contribution in [0.15, 0.2) is 71.6 Å². The zero-order chi connectivity index (χ0) is 22.4. The van der Waals surface area contributed by atoms with E-state index < -0.39 is 34.2 Å². The molecule has 10 heteroatoms. The quantitative estimate of drug-likeness (QED) is 0.579. The number of anilines is 2. The van der Waals surface area contributed by atoms with Gasteiger partial charge in [0.25, 0.3) is 10.0 Å². The standard InChI is InChI=1S/C21H14ClF3N2O3S/c22-14-8-9-18-17(11-14)16-6-1-2-7-19(16)31(29,30)27(18)12-20(28)26-15-5-3-4-13(10-15)21(23,24)25/h1-11H,12H2,(H,26,28). The van der Waals surface area contributed by atoms with Gasteiger partial charge in [0.15, 0.2) is 0 Å². The highest BCUT2D eigenvalue weighted by Crippen LogP contribution is 2.43. The maximum Gasteiger partial charge on any atom is 0.416 e. The summed E-state index contributed by atoms with van der Waals surface area (Å²) >= 11 is 6.09. The molecule has 1 aliphatic heterocycles. The van der Waals surface area contributed by atoms with E-state index >= 15 is 0 Å². The monoisotopic (exact) mass is 466 g/mol. The number of nitrogens with zero attached hydrogens (tertiary/aromatic N) is 1. The number of nitrogens with one attached hydrogen (secondary N) is 1. The molecule has 5 nitrogen and oxygen atoms in total. The molecule has 4 rings (SSSR count). The average molecular weight is 467 g/mol. The molecule has 1 aliphatic rings. The molecule has 1 heterocycles. The van der Waals surface area contributed by atoms with E-state index in [-0.39, 0.29) is 16.3 Å². The Labute approximate surface area is 181 Å². The van der Waals surface area contributed by atoms with Crippen LogP contribution in [0.4, 0.5) is 24.5 Å². The normalized spacial score (nSPS) is 14.5. The molecule has 1 amide bonds. The zero-order valence-corrected chi connectivity index (χ0v) is 17.2. The lowest BCUT2D eigenvalue weighted by molar-refractivity contribution is -0.137. The van der Waals surface area contributed by atoms with Crippen LogP contribution < -0.4 is 9.62 Å². The molecule has 0 spiro atoms. The lowest BCUT2D eigenvalue weighted by Gasteiger charge is -2.31. The molecular weight excluding hydrogens is 453 g/mol. The smallest absolute Gasteiger partial charge is 0.325 e. The van der Waals surface area contributed by atoms with Gasteiger partial charge in [0, 0.05) is 21.8 Å². The summed E-state index contributed by atoms with van der Waals surface area (Å²) < 4.78 is 66.0. The lowest BCUT2D eigenvalue weighted by Crippen LogP contribution is -2.40. The minimum absolute atomic E-state index is 0.0108. The molecule has 0 saturated carbocycles. The molecule has 0 bridgehead atoms. The number of carbonyl (C=O) groups excluding carboxylic acids is 1. The Hall–Kier alpha value is -3.04. The highest BCUT2D eigenvalue weighted by atomic mass is 35.5. The predicted molar refractivity (Wildman–Crippen MR) is 111 cm³/mol. The second-order valence-corrected chi connectivity index (χ2v) is 9.06. The van der Waals surface area contributed by atoms with Crippen molar-refractivity contribution in [3.8, 4) is 11.1 Å². The number of benzene rings is 3. The first-order chi connectivity index (χ1) is 14.6. The number of carbonyl (C=O) groups is 1. The SMILES string of the molecule is O=C(CN1c2ccc(Cl)cc2-c2ccccc2S1(=O)=O)Nc1cccc(C(F)(F)F)c1. The van der Waals surface area contributed by atoms with E-state index in [1.54, 1.807) is 24.3 Å². The van der Waals surface area contributed by atoms with Gasteiger partial charge in [-0.3, -0.25) is 9.10 Å². The Bertz CT molecular complexity index is 1290. The molecule has 3 aromatic rings. The summed E-state index contributed by atoms with van der Waals surface area (Å²) in [5.41, 5.74) is 0.220. The summed E-state index contributed by atoms with van der Waals surface area (Å²) in [4.78, 5) is 12.6. The molecule has 3 aromatic carbocycles. The summed E-state index contributed by atoms with van der Waals surface area (Å²) in [7, 11) is -4.08. The van der Waals surface area contributed by atoms with E-state index in [9.17, 15) is 26.4 Å². The van der Waals surface area contributed by atoms with Gasteiger partial charge < -0.3 is 5.32 Å². The van der Waals surface area contributed by atoms with E-state index in [2.05, 4.69) is 5.32 Å². The molecule has 160 valence electrons. The number of amides is 1. The number of rotatable bonds is 3. The Morgan fingerprint density at radius 1 is 0.968 bits per heavy atom. The molecule has 1 N–H and O–H groups in total. The molecule has 0 aromatic heterocycles. The average Bonchev–Trinajstić information content (AvgIpc) is 2.71. The minimum Gasteiger partial charge on any atom is -0.325 e. The Kier molecular flexibility index (Phi) is 5.18. The van der Waals surface area contributed by atoms with Gasteiger partial charge in [0.05, 0.1) is 16.1 Å². The second-order valence-electron chi connectivity index (χ2n) is 6.80. The van der Waals surface area contributed by atoms with Crippen molar-refractivity contribution in [2.45, 2.75) is 11.1 Å². The molecular formula is C21H14ClF3N2O3S. The molecule has 0 aliphatic carbocycles. The number of alkyl halides is 3. The van der Waals surface area contributed by atoms with Crippen LogP contribution in [0.25, 0.3) is 11.1 Å². The summed E-state index contributed by atoms with van der Waals surface area (Å²) in [6, 6.07) is 15.0. The first kappa shape index (κ1) is 21.2. The summed E-state index contributed by atoms with van der Waals surface area (Å²) in [6.45, 7) is -0.623. The predicted octanol–water partition coefficient (Wildman–Crippen LogP) is 5.17. The highest BCUT2D eigenvalue weighted by Gasteiger charge is 2.36. The third kappa shape index (κ3) is 3.98. The van der Waals surface area contributed by atoms with Gasteiger partial charge in [-0.05, 0) is 42.5 Å². The van der Waals surface area contributed by atoms with Crippen molar-refractivity contribution < 1.29 is 26.4 Å². The van der Waals surface area contributed by atoms with Crippen molar-refractivity contribution in [3.05, 3.63) is 77.3 Å². The topological polar surface area (TPSA) is 66.5 Å². The maximum atomic E-state index is 13.2. The van der Waals surface area contributed by atoms with E-state index in [1.807, 2.05) is 0 Å². The molecule has 0 radical (unpaired) electrons. The van der Waals surface area contributed by atoms with Crippen LogP contribution >= 0.6 is 11.6 Å². The Morgan fingerprint density at radius 3 is 2.45 bits per heavy atom. The number of halogens is 4.